The smallest absolute Gasteiger partial charge is 0.326 e. The van der Waals surface area contributed by atoms with Gasteiger partial charge in [-0.1, -0.05) is 11.6 Å². The van der Waals surface area contributed by atoms with E-state index in [1.54, 1.807) is 6.92 Å². The maximum Gasteiger partial charge on any atom is 0.326 e. The van der Waals surface area contributed by atoms with Crippen LogP contribution in [0.5, 0.6) is 0 Å². The zero-order valence-electron chi connectivity index (χ0n) is 10.2. The van der Waals surface area contributed by atoms with Gasteiger partial charge in [0.1, 0.15) is 6.04 Å². The van der Waals surface area contributed by atoms with Crippen LogP contribution in [0, 0.1) is 6.92 Å². The highest BCUT2D eigenvalue weighted by Crippen LogP contribution is 2.24. The van der Waals surface area contributed by atoms with Gasteiger partial charge in [0.2, 0.25) is 0 Å². The molecule has 6 nitrogen and oxygen atoms in total. The van der Waals surface area contributed by atoms with Crippen molar-refractivity contribution in [3.8, 4) is 0 Å². The molecule has 1 saturated heterocycles. The lowest BCUT2D eigenvalue weighted by Gasteiger charge is -2.21. The van der Waals surface area contributed by atoms with Crippen molar-refractivity contribution in [3.05, 3.63) is 28.5 Å². The first-order chi connectivity index (χ1) is 8.90. The number of nitrogens with zero attached hydrogens (tertiary/aromatic N) is 2. The van der Waals surface area contributed by atoms with Gasteiger partial charge in [0.05, 0.1) is 16.7 Å². The van der Waals surface area contributed by atoms with Crippen molar-refractivity contribution >= 4 is 23.5 Å². The first kappa shape index (κ1) is 13.8. The van der Waals surface area contributed by atoms with Crippen LogP contribution in [0.2, 0.25) is 5.02 Å². The Morgan fingerprint density at radius 2 is 2.21 bits per heavy atom. The molecule has 2 heterocycles. The first-order valence-corrected chi connectivity index (χ1v) is 6.12. The molecule has 1 fully saturated rings. The lowest BCUT2D eigenvalue weighted by molar-refractivity contribution is -0.141. The second-order valence-corrected chi connectivity index (χ2v) is 4.91. The van der Waals surface area contributed by atoms with Crippen molar-refractivity contribution in [2.45, 2.75) is 25.5 Å². The molecule has 2 atom stereocenters. The highest BCUT2D eigenvalue weighted by molar-refractivity contribution is 6.33. The summed E-state index contributed by atoms with van der Waals surface area (Å²) in [6.07, 6.45) is 0.518. The van der Waals surface area contributed by atoms with Crippen LogP contribution in [0.15, 0.2) is 12.3 Å². The molecule has 1 amide bonds. The number of aryl methyl sites for hydroxylation is 1. The standard InChI is InChI=1S/C12H13ClN2O4/c1-6-2-9(13)8(4-14-6)11(17)15-5-7(16)3-10(15)12(18)19/h2,4,7,10,16H,3,5H2,1H3,(H,18,19). The van der Waals surface area contributed by atoms with E-state index in [0.717, 1.165) is 4.90 Å². The van der Waals surface area contributed by atoms with Crippen molar-refractivity contribution < 1.29 is 19.8 Å². The number of carbonyl (C=O) groups excluding carboxylic acids is 1. The summed E-state index contributed by atoms with van der Waals surface area (Å²) in [7, 11) is 0. The Bertz CT molecular complexity index is 534. The number of aliphatic hydroxyl groups is 1. The number of carboxylic acids is 1. The molecule has 1 aromatic rings. The number of hydrogen-bond donors (Lipinski definition) is 2. The second-order valence-electron chi connectivity index (χ2n) is 4.51. The number of aromatic nitrogens is 1. The van der Waals surface area contributed by atoms with E-state index in [0.29, 0.717) is 5.69 Å². The number of pyridine rings is 1. The number of carboxylic acid groups (broad SMARTS) is 1. The number of aliphatic carboxylic acids is 1. The molecule has 0 bridgehead atoms. The van der Waals surface area contributed by atoms with Gasteiger partial charge in [-0.3, -0.25) is 9.78 Å². The fourth-order valence-electron chi connectivity index (χ4n) is 2.11. The molecule has 1 aliphatic heterocycles. The van der Waals surface area contributed by atoms with Gasteiger partial charge in [-0.05, 0) is 13.0 Å². The van der Waals surface area contributed by atoms with Gasteiger partial charge in [0, 0.05) is 24.9 Å². The third-order valence-corrected chi connectivity index (χ3v) is 3.36. The molecule has 102 valence electrons. The zero-order valence-corrected chi connectivity index (χ0v) is 11.0. The molecule has 2 unspecified atom stereocenters. The largest absolute Gasteiger partial charge is 0.480 e. The quantitative estimate of drug-likeness (QED) is 0.834. The summed E-state index contributed by atoms with van der Waals surface area (Å²) < 4.78 is 0. The number of amides is 1. The van der Waals surface area contributed by atoms with E-state index < -0.39 is 24.0 Å². The summed E-state index contributed by atoms with van der Waals surface area (Å²) in [5, 5.41) is 18.8. The van der Waals surface area contributed by atoms with Crippen LogP contribution in [-0.2, 0) is 4.79 Å². The van der Waals surface area contributed by atoms with Crippen molar-refractivity contribution in [3.63, 3.8) is 0 Å². The summed E-state index contributed by atoms with van der Waals surface area (Å²) in [6, 6.07) is 0.511. The molecule has 19 heavy (non-hydrogen) atoms. The van der Waals surface area contributed by atoms with Crippen LogP contribution in [-0.4, -0.2) is 50.7 Å². The van der Waals surface area contributed by atoms with Crippen LogP contribution in [0.1, 0.15) is 22.5 Å². The normalized spacial score (nSPS) is 22.6. The molecule has 0 aromatic carbocycles. The maximum atomic E-state index is 12.3. The van der Waals surface area contributed by atoms with Crippen LogP contribution in [0.3, 0.4) is 0 Å². The molecule has 2 N–H and O–H groups in total. The Labute approximate surface area is 114 Å². The third kappa shape index (κ3) is 2.69. The van der Waals surface area contributed by atoms with Crippen molar-refractivity contribution in [1.29, 1.82) is 0 Å². The van der Waals surface area contributed by atoms with Crippen molar-refractivity contribution in [1.82, 2.24) is 9.88 Å². The summed E-state index contributed by atoms with van der Waals surface area (Å²) >= 11 is 5.97. The van der Waals surface area contributed by atoms with Gasteiger partial charge in [-0.15, -0.1) is 0 Å². The molecular weight excluding hydrogens is 272 g/mol. The molecule has 1 aliphatic rings. The van der Waals surface area contributed by atoms with E-state index in [9.17, 15) is 14.7 Å². The van der Waals surface area contributed by atoms with Crippen LogP contribution < -0.4 is 0 Å². The molecule has 7 heteroatoms. The maximum absolute atomic E-state index is 12.3. The second kappa shape index (κ2) is 5.14. The molecule has 1 aromatic heterocycles. The van der Waals surface area contributed by atoms with Crippen molar-refractivity contribution in [2.75, 3.05) is 6.54 Å². The Hall–Kier alpha value is -1.66. The monoisotopic (exact) mass is 284 g/mol. The van der Waals surface area contributed by atoms with E-state index in [2.05, 4.69) is 4.98 Å². The highest BCUT2D eigenvalue weighted by Gasteiger charge is 2.39. The van der Waals surface area contributed by atoms with Crippen LogP contribution in [0.25, 0.3) is 0 Å². The van der Waals surface area contributed by atoms with Gasteiger partial charge in [0.15, 0.2) is 0 Å². The van der Waals surface area contributed by atoms with E-state index in [1.165, 1.54) is 12.3 Å². The third-order valence-electron chi connectivity index (χ3n) is 3.05. The molecule has 0 radical (unpaired) electrons. The lowest BCUT2D eigenvalue weighted by atomic mass is 10.2. The van der Waals surface area contributed by atoms with Crippen molar-refractivity contribution in [2.24, 2.45) is 0 Å². The van der Waals surface area contributed by atoms with Gasteiger partial charge in [0.25, 0.3) is 5.91 Å². The topological polar surface area (TPSA) is 90.7 Å². The lowest BCUT2D eigenvalue weighted by Crippen LogP contribution is -2.40. The number of carbonyl (C=O) groups is 2. The Balaban J connectivity index is 2.30. The Morgan fingerprint density at radius 3 is 2.79 bits per heavy atom. The Morgan fingerprint density at radius 1 is 1.53 bits per heavy atom. The van der Waals surface area contributed by atoms with Gasteiger partial charge >= 0.3 is 5.97 Å². The van der Waals surface area contributed by atoms with Gasteiger partial charge in [-0.25, -0.2) is 4.79 Å². The van der Waals surface area contributed by atoms with E-state index >= 15 is 0 Å². The number of halogens is 1. The molecule has 0 spiro atoms. The summed E-state index contributed by atoms with van der Waals surface area (Å²) in [5.41, 5.74) is 0.811. The number of likely N-dealkylation sites (tertiary alicyclic amines) is 1. The van der Waals surface area contributed by atoms with Gasteiger partial charge in [-0.2, -0.15) is 0 Å². The van der Waals surface area contributed by atoms with E-state index in [-0.39, 0.29) is 23.6 Å². The minimum Gasteiger partial charge on any atom is -0.480 e. The predicted molar refractivity (Wildman–Crippen MR) is 67.1 cm³/mol. The van der Waals surface area contributed by atoms with Crippen LogP contribution in [0.4, 0.5) is 0 Å². The summed E-state index contributed by atoms with van der Waals surface area (Å²) in [4.78, 5) is 28.4. The summed E-state index contributed by atoms with van der Waals surface area (Å²) in [6.45, 7) is 1.72. The number of β-amino-alcohol motifs (C(OH)–C–C–N with tert-alkyl or cyclic N) is 1. The summed E-state index contributed by atoms with van der Waals surface area (Å²) in [5.74, 6) is -1.66. The minimum atomic E-state index is -1.14. The number of rotatable bonds is 2. The fraction of sp³-hybridized carbons (Fsp3) is 0.417. The van der Waals surface area contributed by atoms with E-state index in [1.807, 2.05) is 0 Å². The predicted octanol–water partition coefficient (Wildman–Crippen LogP) is 0.703. The molecule has 0 aliphatic carbocycles. The molecular formula is C12H13ClN2O4. The fourth-order valence-corrected chi connectivity index (χ4v) is 2.40. The number of aliphatic hydroxyl groups excluding tert-OH is 1. The average molecular weight is 285 g/mol. The number of hydrogen-bond acceptors (Lipinski definition) is 4. The zero-order chi connectivity index (χ0) is 14.2. The van der Waals surface area contributed by atoms with Gasteiger partial charge < -0.3 is 15.1 Å². The van der Waals surface area contributed by atoms with Crippen LogP contribution >= 0.6 is 11.6 Å². The van der Waals surface area contributed by atoms with E-state index in [4.69, 9.17) is 16.7 Å². The Kier molecular flexibility index (Phi) is 3.73. The minimum absolute atomic E-state index is 0.0139. The highest BCUT2D eigenvalue weighted by atomic mass is 35.5. The molecule has 2 rings (SSSR count). The molecule has 0 saturated carbocycles. The first-order valence-electron chi connectivity index (χ1n) is 5.74. The SMILES string of the molecule is Cc1cc(Cl)c(C(=O)N2CC(O)CC2C(=O)O)cn1. The average Bonchev–Trinajstić information content (AvgIpc) is 2.70.